The van der Waals surface area contributed by atoms with Crippen LogP contribution in [0.3, 0.4) is 0 Å². The summed E-state index contributed by atoms with van der Waals surface area (Å²) in [6.07, 6.45) is 2.70. The second kappa shape index (κ2) is 4.99. The van der Waals surface area contributed by atoms with Crippen LogP contribution in [0.2, 0.25) is 0 Å². The molecule has 0 aliphatic carbocycles. The predicted molar refractivity (Wildman–Crippen MR) is 28.7 cm³/mol. The Morgan fingerprint density at radius 3 is 2.50 bits per heavy atom. The molecular weight excluding hydrogens is 97.5 g/mol. The summed E-state index contributed by atoms with van der Waals surface area (Å²) >= 11 is 5.14. The molecule has 0 saturated carbocycles. The lowest BCUT2D eigenvalue weighted by Gasteiger charge is -1.76. The first-order valence-electron chi connectivity index (χ1n) is 1.87. The lowest BCUT2D eigenvalue weighted by atomic mass is 10.4. The summed E-state index contributed by atoms with van der Waals surface area (Å²) in [4.78, 5) is 0. The molecular formula is C4H8ClN. The van der Waals surface area contributed by atoms with Gasteiger partial charge in [0.2, 0.25) is 0 Å². The molecule has 0 saturated heterocycles. The van der Waals surface area contributed by atoms with Crippen LogP contribution >= 0.6 is 11.6 Å². The summed E-state index contributed by atoms with van der Waals surface area (Å²) in [5.41, 5.74) is 6.58. The van der Waals surface area contributed by atoms with E-state index in [1.54, 1.807) is 0 Å². The minimum absolute atomic E-state index is 0.684. The molecule has 36 valence electrons. The number of nitrogens with two attached hydrogens (primary N) is 1. The van der Waals surface area contributed by atoms with Crippen LogP contribution in [0.25, 0.3) is 0 Å². The molecule has 0 spiro atoms. The Bertz CT molecular complexity index is 42.8. The molecule has 0 atom stereocenters. The molecule has 0 radical (unpaired) electrons. The van der Waals surface area contributed by atoms with Crippen molar-refractivity contribution in [1.29, 1.82) is 0 Å². The SMILES string of the molecule is NCC/C=C/Cl. The summed E-state index contributed by atoms with van der Waals surface area (Å²) in [6.45, 7) is 0.684. The van der Waals surface area contributed by atoms with E-state index in [1.807, 2.05) is 6.08 Å². The molecule has 1 nitrogen and oxygen atoms in total. The van der Waals surface area contributed by atoms with Crippen molar-refractivity contribution in [1.82, 2.24) is 0 Å². The fourth-order valence-corrected chi connectivity index (χ4v) is 0.285. The third-order valence-corrected chi connectivity index (χ3v) is 0.601. The van der Waals surface area contributed by atoms with Crippen LogP contribution in [0.5, 0.6) is 0 Å². The van der Waals surface area contributed by atoms with E-state index in [0.717, 1.165) is 6.42 Å². The fraction of sp³-hybridized carbons (Fsp3) is 0.500. The highest BCUT2D eigenvalue weighted by atomic mass is 35.5. The molecule has 0 aliphatic rings. The van der Waals surface area contributed by atoms with E-state index in [0.29, 0.717) is 6.54 Å². The average molecular weight is 106 g/mol. The summed E-state index contributed by atoms with van der Waals surface area (Å²) in [5.74, 6) is 0. The number of halogens is 1. The highest BCUT2D eigenvalue weighted by Crippen LogP contribution is 1.80. The van der Waals surface area contributed by atoms with Crippen molar-refractivity contribution in [2.24, 2.45) is 5.73 Å². The molecule has 2 heteroatoms. The largest absolute Gasteiger partial charge is 0.330 e. The Morgan fingerprint density at radius 1 is 1.67 bits per heavy atom. The lowest BCUT2D eigenvalue weighted by molar-refractivity contribution is 1.01. The van der Waals surface area contributed by atoms with E-state index < -0.39 is 0 Å². The second-order valence-corrected chi connectivity index (χ2v) is 1.19. The molecule has 6 heavy (non-hydrogen) atoms. The van der Waals surface area contributed by atoms with E-state index in [4.69, 9.17) is 17.3 Å². The smallest absolute Gasteiger partial charge is 0.000293 e. The van der Waals surface area contributed by atoms with Gasteiger partial charge in [-0.15, -0.1) is 0 Å². The van der Waals surface area contributed by atoms with Crippen molar-refractivity contribution in [3.8, 4) is 0 Å². The molecule has 0 aromatic carbocycles. The maximum Gasteiger partial charge on any atom is 0.000293 e. The zero-order valence-electron chi connectivity index (χ0n) is 3.52. The van der Waals surface area contributed by atoms with Crippen LogP contribution in [0.15, 0.2) is 11.6 Å². The van der Waals surface area contributed by atoms with Gasteiger partial charge in [0, 0.05) is 5.54 Å². The summed E-state index contributed by atoms with van der Waals surface area (Å²) in [5, 5.41) is 0. The van der Waals surface area contributed by atoms with Gasteiger partial charge in [-0.1, -0.05) is 17.7 Å². The van der Waals surface area contributed by atoms with Crippen LogP contribution in [-0.4, -0.2) is 6.54 Å². The van der Waals surface area contributed by atoms with Crippen molar-refractivity contribution in [2.45, 2.75) is 6.42 Å². The Morgan fingerprint density at radius 2 is 2.33 bits per heavy atom. The van der Waals surface area contributed by atoms with Crippen LogP contribution in [-0.2, 0) is 0 Å². The van der Waals surface area contributed by atoms with Gasteiger partial charge in [-0.3, -0.25) is 0 Å². The standard InChI is InChI=1S/C4H8ClN/c5-3-1-2-4-6/h1,3H,2,4,6H2/b3-1+. The van der Waals surface area contributed by atoms with Crippen LogP contribution in [0.4, 0.5) is 0 Å². The van der Waals surface area contributed by atoms with Gasteiger partial charge >= 0.3 is 0 Å². The van der Waals surface area contributed by atoms with Gasteiger partial charge in [0.25, 0.3) is 0 Å². The highest BCUT2D eigenvalue weighted by Gasteiger charge is 1.65. The Hall–Kier alpha value is -0.0100. The Kier molecular flexibility index (Phi) is 4.98. The number of hydrogen-bond donors (Lipinski definition) is 1. The van der Waals surface area contributed by atoms with Gasteiger partial charge in [-0.25, -0.2) is 0 Å². The van der Waals surface area contributed by atoms with Gasteiger partial charge in [0.1, 0.15) is 0 Å². The second-order valence-electron chi connectivity index (χ2n) is 0.939. The summed E-state index contributed by atoms with van der Waals surface area (Å²) < 4.78 is 0. The quantitative estimate of drug-likeness (QED) is 0.559. The highest BCUT2D eigenvalue weighted by molar-refractivity contribution is 6.25. The maximum absolute atomic E-state index is 5.14. The molecule has 0 fully saturated rings. The summed E-state index contributed by atoms with van der Waals surface area (Å²) in [7, 11) is 0. The topological polar surface area (TPSA) is 26.0 Å². The van der Waals surface area contributed by atoms with Crippen molar-refractivity contribution in [2.75, 3.05) is 6.54 Å². The first kappa shape index (κ1) is 5.99. The molecule has 0 rings (SSSR count). The molecule has 0 aromatic rings. The lowest BCUT2D eigenvalue weighted by Crippen LogP contribution is -1.94. The molecule has 0 amide bonds. The average Bonchev–Trinajstić information content (AvgIpc) is 1.61. The Labute approximate surface area is 42.8 Å². The van der Waals surface area contributed by atoms with Gasteiger partial charge in [0.15, 0.2) is 0 Å². The molecule has 0 unspecified atom stereocenters. The van der Waals surface area contributed by atoms with Gasteiger partial charge in [-0.2, -0.15) is 0 Å². The third-order valence-electron chi connectivity index (χ3n) is 0.422. The van der Waals surface area contributed by atoms with Crippen molar-refractivity contribution in [3.05, 3.63) is 11.6 Å². The number of rotatable bonds is 2. The monoisotopic (exact) mass is 105 g/mol. The maximum atomic E-state index is 5.14. The third kappa shape index (κ3) is 3.99. The van der Waals surface area contributed by atoms with Gasteiger partial charge < -0.3 is 5.73 Å². The first-order chi connectivity index (χ1) is 2.91. The van der Waals surface area contributed by atoms with Crippen LogP contribution in [0, 0.1) is 0 Å². The molecule has 0 heterocycles. The van der Waals surface area contributed by atoms with Crippen LogP contribution < -0.4 is 5.73 Å². The number of hydrogen-bond acceptors (Lipinski definition) is 1. The van der Waals surface area contributed by atoms with Gasteiger partial charge in [-0.05, 0) is 13.0 Å². The van der Waals surface area contributed by atoms with Crippen molar-refractivity contribution < 1.29 is 0 Å². The first-order valence-corrected chi connectivity index (χ1v) is 2.30. The van der Waals surface area contributed by atoms with E-state index >= 15 is 0 Å². The van der Waals surface area contributed by atoms with Crippen LogP contribution in [0.1, 0.15) is 6.42 Å². The van der Waals surface area contributed by atoms with E-state index in [1.165, 1.54) is 5.54 Å². The summed E-state index contributed by atoms with van der Waals surface area (Å²) in [6, 6.07) is 0. The van der Waals surface area contributed by atoms with Gasteiger partial charge in [0.05, 0.1) is 0 Å². The van der Waals surface area contributed by atoms with Crippen molar-refractivity contribution in [3.63, 3.8) is 0 Å². The molecule has 2 N–H and O–H groups in total. The zero-order valence-corrected chi connectivity index (χ0v) is 4.28. The normalized spacial score (nSPS) is 10.3. The van der Waals surface area contributed by atoms with E-state index in [2.05, 4.69) is 0 Å². The van der Waals surface area contributed by atoms with E-state index in [9.17, 15) is 0 Å². The minimum Gasteiger partial charge on any atom is -0.330 e. The molecule has 0 aliphatic heterocycles. The fourth-order valence-electron chi connectivity index (χ4n) is 0.159. The predicted octanol–water partition coefficient (Wildman–Crippen LogP) is 1.09. The minimum atomic E-state index is 0.684. The zero-order chi connectivity index (χ0) is 4.83. The van der Waals surface area contributed by atoms with E-state index in [-0.39, 0.29) is 0 Å². The molecule has 0 aromatic heterocycles. The molecule has 0 bridgehead atoms. The van der Waals surface area contributed by atoms with Crippen molar-refractivity contribution >= 4 is 11.6 Å². The Balaban J connectivity index is 2.66.